The molecule has 1 aromatic rings. The van der Waals surface area contributed by atoms with Crippen molar-refractivity contribution in [3.05, 3.63) is 21.4 Å². The zero-order valence-corrected chi connectivity index (χ0v) is 15.8. The quantitative estimate of drug-likeness (QED) is 0.603. The van der Waals surface area contributed by atoms with Gasteiger partial charge in [0, 0.05) is 29.7 Å². The average Bonchev–Trinajstić information content (AvgIpc) is 2.44. The van der Waals surface area contributed by atoms with E-state index in [1.807, 2.05) is 22.6 Å². The lowest BCUT2D eigenvalue weighted by atomic mass is 10.2. The van der Waals surface area contributed by atoms with Gasteiger partial charge < -0.3 is 14.5 Å². The molecule has 9 heteroatoms. The smallest absolute Gasteiger partial charge is 0.433 e. The maximum absolute atomic E-state index is 12.9. The fraction of sp³-hybridized carbons (Fsp3) is 0.600. The minimum atomic E-state index is -4.48. The summed E-state index contributed by atoms with van der Waals surface area (Å²) in [6.45, 7) is 6.93. The number of hydrogen-bond acceptors (Lipinski definition) is 4. The molecule has 2 rings (SSSR count). The van der Waals surface area contributed by atoms with Crippen LogP contribution in [0.5, 0.6) is 0 Å². The lowest BCUT2D eigenvalue weighted by Crippen LogP contribution is -2.50. The fourth-order valence-electron chi connectivity index (χ4n) is 2.24. The number of nitrogens with zero attached hydrogens (tertiary/aromatic N) is 3. The number of carbonyl (C=O) groups excluding carboxylic acids is 1. The number of carbonyl (C=O) groups is 1. The normalized spacial score (nSPS) is 16.3. The van der Waals surface area contributed by atoms with Gasteiger partial charge in [0.2, 0.25) is 0 Å². The van der Waals surface area contributed by atoms with Gasteiger partial charge >= 0.3 is 12.3 Å². The van der Waals surface area contributed by atoms with E-state index in [1.54, 1.807) is 36.6 Å². The molecule has 0 radical (unpaired) electrons. The van der Waals surface area contributed by atoms with Crippen molar-refractivity contribution in [2.75, 3.05) is 31.1 Å². The van der Waals surface area contributed by atoms with Gasteiger partial charge in [-0.05, 0) is 55.5 Å². The van der Waals surface area contributed by atoms with Gasteiger partial charge in [-0.15, -0.1) is 0 Å². The first kappa shape index (κ1) is 19.1. The molecular formula is C15H19F3IN3O2. The number of rotatable bonds is 1. The second kappa shape index (κ2) is 6.93. The maximum atomic E-state index is 12.9. The monoisotopic (exact) mass is 457 g/mol. The SMILES string of the molecule is CC(C)(C)OC(=O)N1CCN(c2cc(I)cc(C(F)(F)F)n2)CC1. The summed E-state index contributed by atoms with van der Waals surface area (Å²) in [5.41, 5.74) is -1.48. The summed E-state index contributed by atoms with van der Waals surface area (Å²) in [5, 5.41) is 0. The van der Waals surface area contributed by atoms with E-state index in [1.165, 1.54) is 0 Å². The number of aromatic nitrogens is 1. The minimum absolute atomic E-state index is 0.276. The van der Waals surface area contributed by atoms with Crippen LogP contribution in [0.25, 0.3) is 0 Å². The van der Waals surface area contributed by atoms with E-state index in [4.69, 9.17) is 4.74 Å². The number of alkyl halides is 3. The molecule has 0 aromatic carbocycles. The van der Waals surface area contributed by atoms with Crippen LogP contribution in [-0.2, 0) is 10.9 Å². The molecule has 2 heterocycles. The Morgan fingerprint density at radius 2 is 1.75 bits per heavy atom. The lowest BCUT2D eigenvalue weighted by Gasteiger charge is -2.36. The molecule has 1 fully saturated rings. The molecule has 0 saturated carbocycles. The summed E-state index contributed by atoms with van der Waals surface area (Å²) in [6, 6.07) is 2.62. The Labute approximate surface area is 152 Å². The summed E-state index contributed by atoms with van der Waals surface area (Å²) < 4.78 is 44.4. The minimum Gasteiger partial charge on any atom is -0.444 e. The van der Waals surface area contributed by atoms with Crippen LogP contribution in [0.3, 0.4) is 0 Å². The van der Waals surface area contributed by atoms with Crippen molar-refractivity contribution in [3.63, 3.8) is 0 Å². The first-order valence-electron chi connectivity index (χ1n) is 7.43. The van der Waals surface area contributed by atoms with Crippen molar-refractivity contribution in [2.45, 2.75) is 32.5 Å². The summed E-state index contributed by atoms with van der Waals surface area (Å²) in [5.74, 6) is 0.276. The first-order chi connectivity index (χ1) is 11.0. The van der Waals surface area contributed by atoms with Crippen molar-refractivity contribution in [1.82, 2.24) is 9.88 Å². The number of ether oxygens (including phenoxy) is 1. The molecule has 0 atom stereocenters. The van der Waals surface area contributed by atoms with E-state index in [0.717, 1.165) is 6.07 Å². The Balaban J connectivity index is 2.05. The van der Waals surface area contributed by atoms with Gasteiger partial charge in [-0.2, -0.15) is 13.2 Å². The van der Waals surface area contributed by atoms with Gasteiger partial charge in [0.25, 0.3) is 0 Å². The molecule has 134 valence electrons. The van der Waals surface area contributed by atoms with Crippen LogP contribution in [0.15, 0.2) is 12.1 Å². The molecule has 0 aliphatic carbocycles. The van der Waals surface area contributed by atoms with Crippen LogP contribution in [-0.4, -0.2) is 47.8 Å². The van der Waals surface area contributed by atoms with Crippen molar-refractivity contribution >= 4 is 34.5 Å². The average molecular weight is 457 g/mol. The molecule has 1 saturated heterocycles. The second-order valence-corrected chi connectivity index (χ2v) is 7.73. The molecule has 1 aliphatic rings. The van der Waals surface area contributed by atoms with Gasteiger partial charge in [0.15, 0.2) is 0 Å². The third-order valence-corrected chi connectivity index (χ3v) is 3.95. The van der Waals surface area contributed by atoms with Crippen LogP contribution in [0.2, 0.25) is 0 Å². The third-order valence-electron chi connectivity index (χ3n) is 3.32. The predicted molar refractivity (Wildman–Crippen MR) is 92.0 cm³/mol. The first-order valence-corrected chi connectivity index (χ1v) is 8.51. The molecule has 0 unspecified atom stereocenters. The van der Waals surface area contributed by atoms with E-state index >= 15 is 0 Å². The van der Waals surface area contributed by atoms with E-state index in [0.29, 0.717) is 29.7 Å². The maximum Gasteiger partial charge on any atom is 0.433 e. The summed E-state index contributed by atoms with van der Waals surface area (Å²) in [6.07, 6.45) is -4.89. The molecule has 1 aliphatic heterocycles. The van der Waals surface area contributed by atoms with E-state index < -0.39 is 23.6 Å². The van der Waals surface area contributed by atoms with Crippen molar-refractivity contribution in [3.8, 4) is 0 Å². The highest BCUT2D eigenvalue weighted by Gasteiger charge is 2.34. The molecule has 0 spiro atoms. The number of amides is 1. The molecule has 24 heavy (non-hydrogen) atoms. The third kappa shape index (κ3) is 5.12. The zero-order valence-electron chi connectivity index (χ0n) is 13.7. The number of pyridine rings is 1. The van der Waals surface area contributed by atoms with Crippen LogP contribution in [0.1, 0.15) is 26.5 Å². The van der Waals surface area contributed by atoms with Gasteiger partial charge in [0.05, 0.1) is 0 Å². The summed E-state index contributed by atoms with van der Waals surface area (Å²) in [4.78, 5) is 19.0. The van der Waals surface area contributed by atoms with Gasteiger partial charge in [0.1, 0.15) is 17.1 Å². The highest BCUT2D eigenvalue weighted by molar-refractivity contribution is 14.1. The van der Waals surface area contributed by atoms with Crippen LogP contribution >= 0.6 is 22.6 Å². The molecule has 1 amide bonds. The highest BCUT2D eigenvalue weighted by Crippen LogP contribution is 2.31. The van der Waals surface area contributed by atoms with E-state index in [9.17, 15) is 18.0 Å². The van der Waals surface area contributed by atoms with Crippen molar-refractivity contribution < 1.29 is 22.7 Å². The Kier molecular flexibility index (Phi) is 5.50. The molecule has 0 bridgehead atoms. The van der Waals surface area contributed by atoms with Crippen molar-refractivity contribution in [1.29, 1.82) is 0 Å². The van der Waals surface area contributed by atoms with E-state index in [-0.39, 0.29) is 5.82 Å². The Bertz CT molecular complexity index is 609. The molecular weight excluding hydrogens is 438 g/mol. The lowest BCUT2D eigenvalue weighted by molar-refractivity contribution is -0.141. The number of anilines is 1. The zero-order chi connectivity index (χ0) is 18.1. The summed E-state index contributed by atoms with van der Waals surface area (Å²) in [7, 11) is 0. The van der Waals surface area contributed by atoms with Gasteiger partial charge in [-0.3, -0.25) is 0 Å². The largest absolute Gasteiger partial charge is 0.444 e. The Morgan fingerprint density at radius 1 is 1.17 bits per heavy atom. The molecule has 5 nitrogen and oxygen atoms in total. The topological polar surface area (TPSA) is 45.7 Å². The predicted octanol–water partition coefficient (Wildman–Crippen LogP) is 3.76. The van der Waals surface area contributed by atoms with Crippen LogP contribution in [0.4, 0.5) is 23.8 Å². The highest BCUT2D eigenvalue weighted by atomic mass is 127. The fourth-order valence-corrected chi connectivity index (χ4v) is 2.81. The van der Waals surface area contributed by atoms with Crippen LogP contribution < -0.4 is 4.90 Å². The van der Waals surface area contributed by atoms with Gasteiger partial charge in [-0.1, -0.05) is 0 Å². The van der Waals surface area contributed by atoms with E-state index in [2.05, 4.69) is 4.98 Å². The number of hydrogen-bond donors (Lipinski definition) is 0. The molecule has 0 N–H and O–H groups in total. The Hall–Kier alpha value is -1.26. The van der Waals surface area contributed by atoms with Crippen molar-refractivity contribution in [2.24, 2.45) is 0 Å². The standard InChI is InChI=1S/C15H19F3IN3O2/c1-14(2,3)24-13(23)22-6-4-21(5-7-22)12-9-10(19)8-11(20-12)15(16,17)18/h8-9H,4-7H2,1-3H3. The number of piperazine rings is 1. The second-order valence-electron chi connectivity index (χ2n) is 6.48. The van der Waals surface area contributed by atoms with Gasteiger partial charge in [-0.25, -0.2) is 9.78 Å². The van der Waals surface area contributed by atoms with Crippen LogP contribution in [0, 0.1) is 3.57 Å². The molecule has 1 aromatic heterocycles. The summed E-state index contributed by atoms with van der Waals surface area (Å²) >= 11 is 1.85. The Morgan fingerprint density at radius 3 is 2.25 bits per heavy atom. The number of halogens is 4.